The van der Waals surface area contributed by atoms with E-state index in [1.165, 1.54) is 22.9 Å². The lowest BCUT2D eigenvalue weighted by Crippen LogP contribution is -2.27. The van der Waals surface area contributed by atoms with E-state index in [2.05, 4.69) is 59.0 Å². The van der Waals surface area contributed by atoms with Gasteiger partial charge in [0.05, 0.1) is 11.4 Å². The molecule has 0 radical (unpaired) electrons. The molecular formula is C20H23N5OS. The molecule has 1 aromatic heterocycles. The monoisotopic (exact) mass is 381 g/mol. The minimum Gasteiger partial charge on any atom is -0.355 e. The molecule has 1 amide bonds. The van der Waals surface area contributed by atoms with Gasteiger partial charge in [0, 0.05) is 6.54 Å². The molecule has 27 heavy (non-hydrogen) atoms. The number of carbonyl (C=O) groups excluding carboxylic acids is 1. The molecule has 7 heteroatoms. The summed E-state index contributed by atoms with van der Waals surface area (Å²) in [5.41, 5.74) is 3.42. The molecule has 0 saturated carbocycles. The third kappa shape index (κ3) is 5.40. The highest BCUT2D eigenvalue weighted by Gasteiger charge is 2.11. The first kappa shape index (κ1) is 19.1. The van der Waals surface area contributed by atoms with Crippen molar-refractivity contribution in [1.29, 1.82) is 0 Å². The number of hydrogen-bond acceptors (Lipinski definition) is 5. The first-order chi connectivity index (χ1) is 13.1. The van der Waals surface area contributed by atoms with E-state index in [9.17, 15) is 4.79 Å². The Bertz CT molecular complexity index is 862. The van der Waals surface area contributed by atoms with E-state index in [4.69, 9.17) is 0 Å². The van der Waals surface area contributed by atoms with E-state index in [0.717, 1.165) is 12.1 Å². The van der Waals surface area contributed by atoms with Crippen LogP contribution in [0.2, 0.25) is 0 Å². The number of rotatable bonds is 8. The second-order valence-electron chi connectivity index (χ2n) is 6.49. The number of hydrogen-bond donors (Lipinski definition) is 1. The average Bonchev–Trinajstić information content (AvgIpc) is 3.16. The molecule has 6 nitrogen and oxygen atoms in total. The Morgan fingerprint density at radius 3 is 2.56 bits per heavy atom. The Hall–Kier alpha value is -2.67. The number of benzene rings is 2. The summed E-state index contributed by atoms with van der Waals surface area (Å²) in [7, 11) is 0. The summed E-state index contributed by atoms with van der Waals surface area (Å²) in [6.45, 7) is 4.98. The van der Waals surface area contributed by atoms with E-state index in [1.807, 2.05) is 30.3 Å². The summed E-state index contributed by atoms with van der Waals surface area (Å²) >= 11 is 1.32. The van der Waals surface area contributed by atoms with E-state index < -0.39 is 0 Å². The average molecular weight is 382 g/mol. The minimum atomic E-state index is -0.0265. The summed E-state index contributed by atoms with van der Waals surface area (Å²) in [6.07, 6.45) is 0.816. The first-order valence-corrected chi connectivity index (χ1v) is 9.94. The minimum absolute atomic E-state index is 0.0265. The molecule has 0 aliphatic carbocycles. The third-order valence-corrected chi connectivity index (χ3v) is 5.08. The molecule has 2 aromatic carbocycles. The fraction of sp³-hybridized carbons (Fsp3) is 0.300. The molecule has 0 atom stereocenters. The molecule has 0 fully saturated rings. The largest absolute Gasteiger partial charge is 0.355 e. The standard InChI is InChI=1S/C20H23N5OS/c1-15(2)17-10-8-16(9-11-17)12-13-21-19(26)14-27-20-22-23-24-25(20)18-6-4-3-5-7-18/h3-11,15H,12-14H2,1-2H3,(H,21,26). The predicted octanol–water partition coefficient (Wildman–Crippen LogP) is 3.24. The SMILES string of the molecule is CC(C)c1ccc(CCNC(=O)CSc2nnnn2-c2ccccc2)cc1. The van der Waals surface area contributed by atoms with Crippen LogP contribution in [-0.4, -0.2) is 38.4 Å². The van der Waals surface area contributed by atoms with Gasteiger partial charge in [0.25, 0.3) is 0 Å². The predicted molar refractivity (Wildman–Crippen MR) is 107 cm³/mol. The van der Waals surface area contributed by atoms with E-state index >= 15 is 0 Å². The molecule has 140 valence electrons. The van der Waals surface area contributed by atoms with Crippen LogP contribution in [-0.2, 0) is 11.2 Å². The van der Waals surface area contributed by atoms with Crippen molar-refractivity contribution >= 4 is 17.7 Å². The highest BCUT2D eigenvalue weighted by atomic mass is 32.2. The van der Waals surface area contributed by atoms with Gasteiger partial charge in [-0.2, -0.15) is 4.68 Å². The smallest absolute Gasteiger partial charge is 0.230 e. The van der Waals surface area contributed by atoms with Crippen molar-refractivity contribution in [2.45, 2.75) is 31.3 Å². The normalized spacial score (nSPS) is 10.9. The van der Waals surface area contributed by atoms with Gasteiger partial charge in [-0.15, -0.1) is 5.10 Å². The van der Waals surface area contributed by atoms with Gasteiger partial charge in [0.1, 0.15) is 0 Å². The summed E-state index contributed by atoms with van der Waals surface area (Å²) in [4.78, 5) is 12.1. The summed E-state index contributed by atoms with van der Waals surface area (Å²) < 4.78 is 1.63. The Kier molecular flexibility index (Phi) is 6.59. The fourth-order valence-electron chi connectivity index (χ4n) is 2.60. The lowest BCUT2D eigenvalue weighted by Gasteiger charge is -2.08. The Labute approximate surface area is 163 Å². The molecule has 0 saturated heterocycles. The topological polar surface area (TPSA) is 72.7 Å². The van der Waals surface area contributed by atoms with Crippen LogP contribution in [0.3, 0.4) is 0 Å². The molecule has 1 heterocycles. The zero-order chi connectivity index (χ0) is 19.1. The van der Waals surface area contributed by atoms with Crippen LogP contribution >= 0.6 is 11.8 Å². The van der Waals surface area contributed by atoms with Crippen molar-refractivity contribution in [3.63, 3.8) is 0 Å². The quantitative estimate of drug-likeness (QED) is 0.607. The highest BCUT2D eigenvalue weighted by Crippen LogP contribution is 2.17. The lowest BCUT2D eigenvalue weighted by atomic mass is 10.0. The van der Waals surface area contributed by atoms with Crippen LogP contribution in [0.25, 0.3) is 5.69 Å². The number of aromatic nitrogens is 4. The zero-order valence-corrected chi connectivity index (χ0v) is 16.3. The fourth-order valence-corrected chi connectivity index (χ4v) is 3.32. The maximum absolute atomic E-state index is 12.1. The zero-order valence-electron chi connectivity index (χ0n) is 15.5. The summed E-state index contributed by atoms with van der Waals surface area (Å²) in [5.74, 6) is 0.782. The summed E-state index contributed by atoms with van der Waals surface area (Å²) in [5, 5.41) is 15.2. The number of nitrogens with one attached hydrogen (secondary N) is 1. The number of para-hydroxylation sites is 1. The van der Waals surface area contributed by atoms with Gasteiger partial charge in [-0.1, -0.05) is 68.1 Å². The van der Waals surface area contributed by atoms with Gasteiger partial charge in [-0.25, -0.2) is 0 Å². The molecule has 0 aliphatic heterocycles. The van der Waals surface area contributed by atoms with Crippen LogP contribution in [0.15, 0.2) is 59.8 Å². The second kappa shape index (κ2) is 9.32. The van der Waals surface area contributed by atoms with Gasteiger partial charge in [0.2, 0.25) is 11.1 Å². The lowest BCUT2D eigenvalue weighted by molar-refractivity contribution is -0.118. The van der Waals surface area contributed by atoms with Gasteiger partial charge in [-0.3, -0.25) is 4.79 Å². The molecule has 1 N–H and O–H groups in total. The van der Waals surface area contributed by atoms with Crippen LogP contribution in [0.4, 0.5) is 0 Å². The van der Waals surface area contributed by atoms with Crippen molar-refractivity contribution < 1.29 is 4.79 Å². The maximum Gasteiger partial charge on any atom is 0.230 e. The van der Waals surface area contributed by atoms with Crippen molar-refractivity contribution in [1.82, 2.24) is 25.5 Å². The van der Waals surface area contributed by atoms with Crippen LogP contribution in [0.5, 0.6) is 0 Å². The maximum atomic E-state index is 12.1. The molecule has 0 spiro atoms. The number of tetrazole rings is 1. The van der Waals surface area contributed by atoms with Gasteiger partial charge < -0.3 is 5.32 Å². The van der Waals surface area contributed by atoms with Crippen molar-refractivity contribution in [2.24, 2.45) is 0 Å². The Morgan fingerprint density at radius 2 is 1.85 bits per heavy atom. The number of carbonyl (C=O) groups is 1. The first-order valence-electron chi connectivity index (χ1n) is 8.95. The number of amides is 1. The molecule has 0 aliphatic rings. The van der Waals surface area contributed by atoms with Gasteiger partial charge in [-0.05, 0) is 46.0 Å². The Balaban J connectivity index is 1.45. The second-order valence-corrected chi connectivity index (χ2v) is 7.44. The van der Waals surface area contributed by atoms with Crippen molar-refractivity contribution in [2.75, 3.05) is 12.3 Å². The number of nitrogens with zero attached hydrogens (tertiary/aromatic N) is 4. The molecule has 3 rings (SSSR count). The summed E-state index contributed by atoms with van der Waals surface area (Å²) in [6, 6.07) is 18.2. The van der Waals surface area contributed by atoms with E-state index in [1.54, 1.807) is 4.68 Å². The number of thioether (sulfide) groups is 1. The Morgan fingerprint density at radius 1 is 1.11 bits per heavy atom. The highest BCUT2D eigenvalue weighted by molar-refractivity contribution is 7.99. The third-order valence-electron chi connectivity index (χ3n) is 4.16. The van der Waals surface area contributed by atoms with E-state index in [0.29, 0.717) is 17.6 Å². The van der Waals surface area contributed by atoms with E-state index in [-0.39, 0.29) is 11.7 Å². The van der Waals surface area contributed by atoms with Crippen molar-refractivity contribution in [3.8, 4) is 5.69 Å². The molecular weight excluding hydrogens is 358 g/mol. The van der Waals surface area contributed by atoms with Crippen LogP contribution < -0.4 is 5.32 Å². The van der Waals surface area contributed by atoms with Gasteiger partial charge >= 0.3 is 0 Å². The van der Waals surface area contributed by atoms with Gasteiger partial charge in [0.15, 0.2) is 0 Å². The van der Waals surface area contributed by atoms with Crippen molar-refractivity contribution in [3.05, 3.63) is 65.7 Å². The van der Waals surface area contributed by atoms with Crippen LogP contribution in [0.1, 0.15) is 30.9 Å². The molecule has 0 bridgehead atoms. The molecule has 0 unspecified atom stereocenters. The molecule has 3 aromatic rings. The van der Waals surface area contributed by atoms with Crippen LogP contribution in [0, 0.1) is 0 Å².